The second kappa shape index (κ2) is 6.41. The highest BCUT2D eigenvalue weighted by Gasteiger charge is 2.34. The van der Waals surface area contributed by atoms with Crippen molar-refractivity contribution >= 4 is 27.7 Å². The lowest BCUT2D eigenvalue weighted by atomic mass is 10.1. The molecular formula is C17H21BrN2O2. The monoisotopic (exact) mass is 364 g/mol. The van der Waals surface area contributed by atoms with Gasteiger partial charge in [-0.3, -0.25) is 9.59 Å². The zero-order chi connectivity index (χ0) is 15.7. The van der Waals surface area contributed by atoms with E-state index in [1.54, 1.807) is 0 Å². The summed E-state index contributed by atoms with van der Waals surface area (Å²) >= 11 is 3.43. The van der Waals surface area contributed by atoms with E-state index in [2.05, 4.69) is 15.9 Å². The standard InChI is InChI=1S/C17H21BrN2O2/c1-12-3-6-14(18)11-15(12)17(22)20-8-2-7-19(9-10-20)16(21)13-4-5-13/h3,6,11,13H,2,4-5,7-10H2,1H3. The van der Waals surface area contributed by atoms with Crippen molar-refractivity contribution < 1.29 is 9.59 Å². The number of amides is 2. The zero-order valence-electron chi connectivity index (χ0n) is 12.8. The minimum absolute atomic E-state index is 0.0690. The van der Waals surface area contributed by atoms with E-state index in [0.29, 0.717) is 13.1 Å². The van der Waals surface area contributed by atoms with Crippen LogP contribution in [0, 0.1) is 12.8 Å². The van der Waals surface area contributed by atoms with Crippen molar-refractivity contribution in [3.63, 3.8) is 0 Å². The first-order chi connectivity index (χ1) is 10.6. The first kappa shape index (κ1) is 15.5. The molecule has 2 fully saturated rings. The summed E-state index contributed by atoms with van der Waals surface area (Å²) in [6, 6.07) is 5.79. The highest BCUT2D eigenvalue weighted by molar-refractivity contribution is 9.10. The molecule has 0 aromatic heterocycles. The largest absolute Gasteiger partial charge is 0.341 e. The molecule has 5 heteroatoms. The summed E-state index contributed by atoms with van der Waals surface area (Å²) in [5.41, 5.74) is 1.74. The van der Waals surface area contributed by atoms with E-state index in [4.69, 9.17) is 0 Å². The summed E-state index contributed by atoms with van der Waals surface area (Å²) in [5, 5.41) is 0. The van der Waals surface area contributed by atoms with Gasteiger partial charge >= 0.3 is 0 Å². The van der Waals surface area contributed by atoms with Crippen molar-refractivity contribution in [2.45, 2.75) is 26.2 Å². The lowest BCUT2D eigenvalue weighted by molar-refractivity contribution is -0.132. The molecule has 0 atom stereocenters. The third-order valence-electron chi connectivity index (χ3n) is 4.45. The van der Waals surface area contributed by atoms with Gasteiger partial charge in [0.05, 0.1) is 0 Å². The molecule has 0 unspecified atom stereocenters. The van der Waals surface area contributed by atoms with Crippen LogP contribution < -0.4 is 0 Å². The van der Waals surface area contributed by atoms with Crippen molar-refractivity contribution in [3.8, 4) is 0 Å². The van der Waals surface area contributed by atoms with Crippen LogP contribution in [0.4, 0.5) is 0 Å². The Morgan fingerprint density at radius 3 is 2.50 bits per heavy atom. The SMILES string of the molecule is Cc1ccc(Br)cc1C(=O)N1CCCN(C(=O)C2CC2)CC1. The Bertz CT molecular complexity index is 598. The van der Waals surface area contributed by atoms with Crippen LogP contribution in [0.1, 0.15) is 35.2 Å². The summed E-state index contributed by atoms with van der Waals surface area (Å²) < 4.78 is 0.918. The van der Waals surface area contributed by atoms with E-state index in [1.807, 2.05) is 34.9 Å². The Labute approximate surface area is 139 Å². The van der Waals surface area contributed by atoms with Gasteiger partial charge in [-0.15, -0.1) is 0 Å². The normalized spacial score (nSPS) is 19.0. The van der Waals surface area contributed by atoms with Crippen LogP contribution in [-0.4, -0.2) is 47.8 Å². The number of nitrogens with zero attached hydrogens (tertiary/aromatic N) is 2. The highest BCUT2D eigenvalue weighted by Crippen LogP contribution is 2.31. The molecule has 22 heavy (non-hydrogen) atoms. The van der Waals surface area contributed by atoms with Gasteiger partial charge in [0.15, 0.2) is 0 Å². The fraction of sp³-hybridized carbons (Fsp3) is 0.529. The average molecular weight is 365 g/mol. The van der Waals surface area contributed by atoms with E-state index in [0.717, 1.165) is 48.0 Å². The molecule has 118 valence electrons. The molecule has 0 bridgehead atoms. The molecule has 1 aromatic carbocycles. The molecule has 1 aliphatic heterocycles. The number of benzene rings is 1. The van der Waals surface area contributed by atoms with Gasteiger partial charge in [-0.2, -0.15) is 0 Å². The minimum Gasteiger partial charge on any atom is -0.341 e. The molecule has 2 aliphatic rings. The van der Waals surface area contributed by atoms with Gasteiger partial charge in [0.25, 0.3) is 5.91 Å². The number of halogens is 1. The molecule has 1 saturated carbocycles. The number of aryl methyl sites for hydroxylation is 1. The number of rotatable bonds is 2. The maximum absolute atomic E-state index is 12.7. The van der Waals surface area contributed by atoms with Crippen molar-refractivity contribution in [3.05, 3.63) is 33.8 Å². The van der Waals surface area contributed by atoms with Crippen LogP contribution in [0.2, 0.25) is 0 Å². The molecule has 2 amide bonds. The van der Waals surface area contributed by atoms with Crippen LogP contribution >= 0.6 is 15.9 Å². The topological polar surface area (TPSA) is 40.6 Å². The molecule has 1 aromatic rings. The molecule has 3 rings (SSSR count). The first-order valence-electron chi connectivity index (χ1n) is 7.90. The number of carbonyl (C=O) groups excluding carboxylic acids is 2. The summed E-state index contributed by atoms with van der Waals surface area (Å²) in [6.45, 7) is 4.74. The van der Waals surface area contributed by atoms with Crippen molar-refractivity contribution in [2.24, 2.45) is 5.92 Å². The molecule has 4 nitrogen and oxygen atoms in total. The summed E-state index contributed by atoms with van der Waals surface area (Å²) in [5.74, 6) is 0.613. The van der Waals surface area contributed by atoms with Gasteiger partial charge < -0.3 is 9.80 Å². The third-order valence-corrected chi connectivity index (χ3v) is 4.94. The average Bonchev–Trinajstić information content (AvgIpc) is 3.34. The Hall–Kier alpha value is -1.36. The maximum Gasteiger partial charge on any atom is 0.254 e. The highest BCUT2D eigenvalue weighted by atomic mass is 79.9. The molecule has 0 spiro atoms. The number of carbonyl (C=O) groups is 2. The van der Waals surface area contributed by atoms with Gasteiger partial charge in [-0.05, 0) is 43.9 Å². The van der Waals surface area contributed by atoms with E-state index in [9.17, 15) is 9.59 Å². The second-order valence-electron chi connectivity index (χ2n) is 6.20. The lowest BCUT2D eigenvalue weighted by Crippen LogP contribution is -2.38. The summed E-state index contributed by atoms with van der Waals surface area (Å²) in [6.07, 6.45) is 2.93. The van der Waals surface area contributed by atoms with Gasteiger partial charge in [-0.1, -0.05) is 22.0 Å². The number of hydrogen-bond donors (Lipinski definition) is 0. The van der Waals surface area contributed by atoms with Crippen molar-refractivity contribution in [1.82, 2.24) is 9.80 Å². The Morgan fingerprint density at radius 2 is 1.77 bits per heavy atom. The fourth-order valence-corrected chi connectivity index (χ4v) is 3.29. The predicted octanol–water partition coefficient (Wildman–Crippen LogP) is 2.84. The Morgan fingerprint density at radius 1 is 1.09 bits per heavy atom. The van der Waals surface area contributed by atoms with Crippen molar-refractivity contribution in [1.29, 1.82) is 0 Å². The zero-order valence-corrected chi connectivity index (χ0v) is 14.4. The van der Waals surface area contributed by atoms with Crippen LogP contribution in [0.5, 0.6) is 0 Å². The first-order valence-corrected chi connectivity index (χ1v) is 8.70. The van der Waals surface area contributed by atoms with E-state index >= 15 is 0 Å². The molecule has 1 saturated heterocycles. The molecule has 0 radical (unpaired) electrons. The van der Waals surface area contributed by atoms with Gasteiger partial charge in [0, 0.05) is 42.1 Å². The van der Waals surface area contributed by atoms with Crippen LogP contribution in [0.3, 0.4) is 0 Å². The second-order valence-corrected chi connectivity index (χ2v) is 7.12. The Balaban J connectivity index is 1.68. The fourth-order valence-electron chi connectivity index (χ4n) is 2.92. The van der Waals surface area contributed by atoms with Crippen LogP contribution in [0.15, 0.2) is 22.7 Å². The van der Waals surface area contributed by atoms with Gasteiger partial charge in [-0.25, -0.2) is 0 Å². The summed E-state index contributed by atoms with van der Waals surface area (Å²) in [7, 11) is 0. The van der Waals surface area contributed by atoms with E-state index in [-0.39, 0.29) is 17.7 Å². The molecular weight excluding hydrogens is 344 g/mol. The van der Waals surface area contributed by atoms with Crippen LogP contribution in [-0.2, 0) is 4.79 Å². The predicted molar refractivity (Wildman–Crippen MR) is 88.7 cm³/mol. The molecule has 1 aliphatic carbocycles. The molecule has 0 N–H and O–H groups in total. The summed E-state index contributed by atoms with van der Waals surface area (Å²) in [4.78, 5) is 28.8. The third kappa shape index (κ3) is 3.35. The molecule has 1 heterocycles. The minimum atomic E-state index is 0.0690. The maximum atomic E-state index is 12.7. The quantitative estimate of drug-likeness (QED) is 0.809. The van der Waals surface area contributed by atoms with Gasteiger partial charge in [0.2, 0.25) is 5.91 Å². The lowest BCUT2D eigenvalue weighted by Gasteiger charge is -2.23. The number of hydrogen-bond acceptors (Lipinski definition) is 2. The van der Waals surface area contributed by atoms with Crippen molar-refractivity contribution in [2.75, 3.05) is 26.2 Å². The Kier molecular flexibility index (Phi) is 4.52. The smallest absolute Gasteiger partial charge is 0.254 e. The van der Waals surface area contributed by atoms with E-state index < -0.39 is 0 Å². The van der Waals surface area contributed by atoms with Crippen LogP contribution in [0.25, 0.3) is 0 Å². The van der Waals surface area contributed by atoms with E-state index in [1.165, 1.54) is 0 Å². The van der Waals surface area contributed by atoms with Gasteiger partial charge in [0.1, 0.15) is 0 Å².